The molecule has 2 heterocycles. The maximum atomic E-state index is 12.4. The topological polar surface area (TPSA) is 116 Å². The van der Waals surface area contributed by atoms with Gasteiger partial charge in [-0.2, -0.15) is 0 Å². The van der Waals surface area contributed by atoms with Crippen molar-refractivity contribution in [1.82, 2.24) is 5.32 Å². The van der Waals surface area contributed by atoms with E-state index in [1.165, 1.54) is 5.56 Å². The molecule has 0 saturated carbocycles. The van der Waals surface area contributed by atoms with E-state index in [9.17, 15) is 10.2 Å². The molecule has 184 valence electrons. The van der Waals surface area contributed by atoms with Gasteiger partial charge >= 0.3 is 0 Å². The largest absolute Gasteiger partial charge is 0.404 e. The SMILES string of the molecule is CN=C/C(=C\N)c1ccc2c(c1)CCCN2C(=N)c1cc(C(=O)NC)ccc1NC1CCOCC1. The number of fused-ring (bicyclic) bond motifs is 1. The first-order valence-corrected chi connectivity index (χ1v) is 12.1. The lowest BCUT2D eigenvalue weighted by Crippen LogP contribution is -2.37. The molecule has 4 rings (SSSR count). The number of allylic oxidation sites excluding steroid dienone is 1. The van der Waals surface area contributed by atoms with Gasteiger partial charge < -0.3 is 26.0 Å². The number of benzene rings is 2. The molecule has 0 unspecified atom stereocenters. The summed E-state index contributed by atoms with van der Waals surface area (Å²) in [7, 11) is 3.34. The van der Waals surface area contributed by atoms with Crippen LogP contribution in [0.15, 0.2) is 47.6 Å². The molecule has 8 heteroatoms. The van der Waals surface area contributed by atoms with Crippen LogP contribution in [0.2, 0.25) is 0 Å². The van der Waals surface area contributed by atoms with E-state index in [1.54, 1.807) is 26.5 Å². The summed E-state index contributed by atoms with van der Waals surface area (Å²) in [6.45, 7) is 2.19. The standard InChI is InChI=1S/C27H34N6O2/c1-30-17-21(16-28)18-6-8-25-19(14-18)4-3-11-33(25)26(29)23-15-20(27(34)31-2)5-7-24(23)32-22-9-12-35-13-10-22/h5-8,14-17,22,29,32H,3-4,9-13,28H2,1-2H3,(H,31,34)/b21-16+,29-26?,30-17?. The summed E-state index contributed by atoms with van der Waals surface area (Å²) in [4.78, 5) is 18.5. The van der Waals surface area contributed by atoms with Crippen molar-refractivity contribution < 1.29 is 9.53 Å². The van der Waals surface area contributed by atoms with Gasteiger partial charge in [0.05, 0.1) is 0 Å². The van der Waals surface area contributed by atoms with Crippen molar-refractivity contribution in [2.75, 3.05) is 44.1 Å². The van der Waals surface area contributed by atoms with Crippen molar-refractivity contribution in [1.29, 1.82) is 5.41 Å². The molecule has 1 fully saturated rings. The molecule has 35 heavy (non-hydrogen) atoms. The predicted molar refractivity (Wildman–Crippen MR) is 143 cm³/mol. The second-order valence-corrected chi connectivity index (χ2v) is 8.83. The van der Waals surface area contributed by atoms with Crippen LogP contribution in [0.5, 0.6) is 0 Å². The monoisotopic (exact) mass is 474 g/mol. The fourth-order valence-electron chi connectivity index (χ4n) is 4.72. The summed E-state index contributed by atoms with van der Waals surface area (Å²) >= 11 is 0. The molecule has 0 radical (unpaired) electrons. The molecule has 2 aliphatic rings. The number of nitrogens with two attached hydrogens (primary N) is 1. The number of hydrogen-bond donors (Lipinski definition) is 4. The highest BCUT2D eigenvalue weighted by Crippen LogP contribution is 2.32. The average molecular weight is 475 g/mol. The van der Waals surface area contributed by atoms with E-state index < -0.39 is 0 Å². The zero-order chi connectivity index (χ0) is 24.8. The van der Waals surface area contributed by atoms with Gasteiger partial charge in [-0.3, -0.25) is 15.2 Å². The number of carbonyl (C=O) groups is 1. The number of ether oxygens (including phenoxy) is 1. The van der Waals surface area contributed by atoms with E-state index in [-0.39, 0.29) is 11.9 Å². The zero-order valence-corrected chi connectivity index (χ0v) is 20.4. The van der Waals surface area contributed by atoms with Gasteiger partial charge in [0.15, 0.2) is 0 Å². The highest BCUT2D eigenvalue weighted by atomic mass is 16.5. The highest BCUT2D eigenvalue weighted by molar-refractivity contribution is 6.13. The lowest BCUT2D eigenvalue weighted by Gasteiger charge is -2.33. The third kappa shape index (κ3) is 5.38. The van der Waals surface area contributed by atoms with Crippen LogP contribution in [0.4, 0.5) is 11.4 Å². The Kier molecular flexibility index (Phi) is 7.82. The molecular weight excluding hydrogens is 440 g/mol. The maximum absolute atomic E-state index is 12.4. The van der Waals surface area contributed by atoms with Crippen molar-refractivity contribution in [3.05, 3.63) is 64.9 Å². The van der Waals surface area contributed by atoms with Crippen LogP contribution in [-0.4, -0.2) is 57.9 Å². The van der Waals surface area contributed by atoms with E-state index in [0.717, 1.165) is 73.5 Å². The number of rotatable bonds is 6. The minimum absolute atomic E-state index is 0.168. The van der Waals surface area contributed by atoms with Gasteiger partial charge in [-0.1, -0.05) is 6.07 Å². The van der Waals surface area contributed by atoms with Crippen molar-refractivity contribution in [2.24, 2.45) is 10.7 Å². The van der Waals surface area contributed by atoms with Crippen LogP contribution >= 0.6 is 0 Å². The summed E-state index contributed by atoms with van der Waals surface area (Å²) < 4.78 is 5.50. The van der Waals surface area contributed by atoms with Crippen molar-refractivity contribution in [3.8, 4) is 0 Å². The average Bonchev–Trinajstić information content (AvgIpc) is 2.91. The first-order chi connectivity index (χ1) is 17.0. The first-order valence-electron chi connectivity index (χ1n) is 12.1. The van der Waals surface area contributed by atoms with E-state index >= 15 is 0 Å². The summed E-state index contributed by atoms with van der Waals surface area (Å²) in [6.07, 6.45) is 7.01. The van der Waals surface area contributed by atoms with Crippen molar-refractivity contribution in [3.63, 3.8) is 0 Å². The van der Waals surface area contributed by atoms with Crippen LogP contribution in [0.1, 0.15) is 46.3 Å². The van der Waals surface area contributed by atoms with E-state index in [0.29, 0.717) is 11.4 Å². The number of aliphatic imine (C=N–C) groups is 1. The molecular formula is C27H34N6O2. The van der Waals surface area contributed by atoms with Crippen LogP contribution in [0.25, 0.3) is 5.57 Å². The Morgan fingerprint density at radius 2 is 1.97 bits per heavy atom. The molecule has 8 nitrogen and oxygen atoms in total. The Hall–Kier alpha value is -3.65. The fraction of sp³-hybridized carbons (Fsp3) is 0.370. The number of aryl methyl sites for hydroxylation is 1. The normalized spacial score (nSPS) is 16.7. The number of carbonyl (C=O) groups excluding carboxylic acids is 1. The molecule has 0 atom stereocenters. The van der Waals surface area contributed by atoms with Gasteiger partial charge in [0.2, 0.25) is 0 Å². The Morgan fingerprint density at radius 3 is 2.69 bits per heavy atom. The Labute approximate surface area is 206 Å². The summed E-state index contributed by atoms with van der Waals surface area (Å²) in [6, 6.07) is 12.0. The second-order valence-electron chi connectivity index (χ2n) is 8.83. The summed E-state index contributed by atoms with van der Waals surface area (Å²) in [5.41, 5.74) is 12.0. The van der Waals surface area contributed by atoms with E-state index in [2.05, 4.69) is 27.8 Å². The van der Waals surface area contributed by atoms with Gasteiger partial charge in [-0.15, -0.1) is 0 Å². The maximum Gasteiger partial charge on any atom is 0.251 e. The minimum Gasteiger partial charge on any atom is -0.404 e. The molecule has 2 aromatic carbocycles. The molecule has 0 aliphatic carbocycles. The molecule has 2 aromatic rings. The van der Waals surface area contributed by atoms with Crippen LogP contribution in [0.3, 0.4) is 0 Å². The molecule has 5 N–H and O–H groups in total. The van der Waals surface area contributed by atoms with Crippen molar-refractivity contribution in [2.45, 2.75) is 31.7 Å². The van der Waals surface area contributed by atoms with Gasteiger partial charge in [0, 0.05) is 80.4 Å². The zero-order valence-electron chi connectivity index (χ0n) is 20.4. The third-order valence-corrected chi connectivity index (χ3v) is 6.59. The van der Waals surface area contributed by atoms with Gasteiger partial charge in [0.25, 0.3) is 5.91 Å². The number of hydrogen-bond acceptors (Lipinski definition) is 6. The van der Waals surface area contributed by atoms with Gasteiger partial charge in [0.1, 0.15) is 5.84 Å². The molecule has 0 aromatic heterocycles. The summed E-state index contributed by atoms with van der Waals surface area (Å²) in [5.74, 6) is 0.211. The fourth-order valence-corrected chi connectivity index (χ4v) is 4.72. The number of nitrogens with one attached hydrogen (secondary N) is 3. The second kappa shape index (κ2) is 11.2. The van der Waals surface area contributed by atoms with E-state index in [1.807, 2.05) is 29.2 Å². The van der Waals surface area contributed by atoms with Gasteiger partial charge in [-0.05, 0) is 67.1 Å². The number of nitrogens with zero attached hydrogens (tertiary/aromatic N) is 2. The number of amidine groups is 1. The third-order valence-electron chi connectivity index (χ3n) is 6.59. The first kappa shape index (κ1) is 24.5. The van der Waals surface area contributed by atoms with Crippen molar-refractivity contribution >= 4 is 34.9 Å². The number of amides is 1. The van der Waals surface area contributed by atoms with Crippen LogP contribution in [0, 0.1) is 5.41 Å². The molecule has 1 saturated heterocycles. The molecule has 0 spiro atoms. The minimum atomic E-state index is -0.168. The molecule has 0 bridgehead atoms. The van der Waals surface area contributed by atoms with E-state index in [4.69, 9.17) is 10.5 Å². The quantitative estimate of drug-likeness (QED) is 0.378. The van der Waals surface area contributed by atoms with Gasteiger partial charge in [-0.25, -0.2) is 0 Å². The Bertz CT molecular complexity index is 1150. The Balaban J connectivity index is 1.69. The lowest BCUT2D eigenvalue weighted by atomic mass is 9.95. The molecule has 2 aliphatic heterocycles. The lowest BCUT2D eigenvalue weighted by molar-refractivity contribution is 0.0904. The smallest absolute Gasteiger partial charge is 0.251 e. The van der Waals surface area contributed by atoms with Crippen LogP contribution in [-0.2, 0) is 11.2 Å². The number of anilines is 2. The van der Waals surface area contributed by atoms with Crippen LogP contribution < -0.4 is 21.3 Å². The highest BCUT2D eigenvalue weighted by Gasteiger charge is 2.25. The summed E-state index contributed by atoms with van der Waals surface area (Å²) in [5, 5.41) is 15.5. The molecule has 1 amide bonds. The Morgan fingerprint density at radius 1 is 1.20 bits per heavy atom. The predicted octanol–water partition coefficient (Wildman–Crippen LogP) is 3.42.